The third-order valence-corrected chi connectivity index (χ3v) is 6.15. The van der Waals surface area contributed by atoms with Gasteiger partial charge in [0.2, 0.25) is 0 Å². The molecule has 8 nitrogen and oxygen atoms in total. The van der Waals surface area contributed by atoms with Crippen molar-refractivity contribution in [1.29, 1.82) is 0 Å². The molecule has 1 amide bonds. The second-order valence-corrected chi connectivity index (χ2v) is 9.29. The zero-order valence-electron chi connectivity index (χ0n) is 21.2. The number of carbonyl (C=O) groups excluding carboxylic acids is 1. The number of fused-ring (bicyclic) bond motifs is 1. The van der Waals surface area contributed by atoms with Crippen LogP contribution in [-0.2, 0) is 0 Å². The Bertz CT molecular complexity index is 1320. The first kappa shape index (κ1) is 25.0. The van der Waals surface area contributed by atoms with Crippen molar-refractivity contribution in [3.05, 3.63) is 72.3 Å². The standard InChI is InChI=1S/C28H33N7O/c1-18(2)10-12-30-25-9-8-20(16-33-25)24-14-26(35-17-34-24)32-15-19(3)21-6-5-7-22-23(28(36)29-4)11-13-31-27(21)22/h5-9,11,13-14,16-19H,10,12,15H2,1-4H3,(H,29,36)(H,30,33)(H,32,34,35)/t19-/m1/s1. The summed E-state index contributed by atoms with van der Waals surface area (Å²) in [5.74, 6) is 2.28. The van der Waals surface area contributed by atoms with Gasteiger partial charge in [-0.05, 0) is 36.1 Å². The van der Waals surface area contributed by atoms with Gasteiger partial charge in [-0.2, -0.15) is 0 Å². The van der Waals surface area contributed by atoms with Gasteiger partial charge < -0.3 is 16.0 Å². The number of aromatic nitrogens is 4. The Balaban J connectivity index is 1.45. The lowest BCUT2D eigenvalue weighted by Crippen LogP contribution is -2.18. The molecular weight excluding hydrogens is 450 g/mol. The quantitative estimate of drug-likeness (QED) is 0.287. The van der Waals surface area contributed by atoms with E-state index in [0.29, 0.717) is 18.0 Å². The monoisotopic (exact) mass is 483 g/mol. The molecule has 0 fully saturated rings. The Labute approximate surface area is 212 Å². The normalized spacial score (nSPS) is 11.9. The summed E-state index contributed by atoms with van der Waals surface area (Å²) in [5.41, 5.74) is 4.28. The predicted octanol–water partition coefficient (Wildman–Crippen LogP) is 5.12. The molecule has 4 aromatic rings. The van der Waals surface area contributed by atoms with Gasteiger partial charge in [0.15, 0.2) is 0 Å². The molecule has 0 spiro atoms. The maximum Gasteiger partial charge on any atom is 0.251 e. The molecule has 3 heterocycles. The number of pyridine rings is 2. The molecule has 36 heavy (non-hydrogen) atoms. The first-order chi connectivity index (χ1) is 17.5. The molecule has 0 aliphatic rings. The fourth-order valence-corrected chi connectivity index (χ4v) is 4.05. The number of nitrogens with zero attached hydrogens (tertiary/aromatic N) is 4. The van der Waals surface area contributed by atoms with Gasteiger partial charge in [-0.3, -0.25) is 9.78 Å². The number of hydrogen-bond donors (Lipinski definition) is 3. The van der Waals surface area contributed by atoms with Crippen molar-refractivity contribution >= 4 is 28.4 Å². The minimum Gasteiger partial charge on any atom is -0.370 e. The summed E-state index contributed by atoms with van der Waals surface area (Å²) in [6, 6.07) is 13.6. The van der Waals surface area contributed by atoms with Crippen molar-refractivity contribution in [3.63, 3.8) is 0 Å². The molecule has 0 saturated heterocycles. The van der Waals surface area contributed by atoms with Gasteiger partial charge in [-0.15, -0.1) is 0 Å². The Morgan fingerprint density at radius 3 is 2.56 bits per heavy atom. The third kappa shape index (κ3) is 5.94. The van der Waals surface area contributed by atoms with Crippen LogP contribution in [0.1, 0.15) is 49.0 Å². The number of hydrogen-bond acceptors (Lipinski definition) is 7. The molecule has 0 saturated carbocycles. The van der Waals surface area contributed by atoms with Gasteiger partial charge in [-0.25, -0.2) is 15.0 Å². The predicted molar refractivity (Wildman–Crippen MR) is 145 cm³/mol. The fraction of sp³-hybridized carbons (Fsp3) is 0.321. The SMILES string of the molecule is CNC(=O)c1ccnc2c([C@H](C)CNc3cc(-c4ccc(NCCC(C)C)nc4)ncn3)cccc12. The molecule has 0 aliphatic carbocycles. The maximum absolute atomic E-state index is 12.3. The molecule has 0 radical (unpaired) electrons. The second-order valence-electron chi connectivity index (χ2n) is 9.29. The van der Waals surface area contributed by atoms with E-state index in [1.807, 2.05) is 36.5 Å². The molecule has 3 aromatic heterocycles. The zero-order chi connectivity index (χ0) is 25.5. The van der Waals surface area contributed by atoms with Crippen LogP contribution in [0.4, 0.5) is 11.6 Å². The summed E-state index contributed by atoms with van der Waals surface area (Å²) in [5, 5.41) is 10.3. The van der Waals surface area contributed by atoms with Crippen LogP contribution in [0.15, 0.2) is 61.2 Å². The van der Waals surface area contributed by atoms with Gasteiger partial charge in [0.25, 0.3) is 5.91 Å². The van der Waals surface area contributed by atoms with Gasteiger partial charge in [0.1, 0.15) is 18.0 Å². The van der Waals surface area contributed by atoms with E-state index in [2.05, 4.69) is 62.7 Å². The van der Waals surface area contributed by atoms with Gasteiger partial charge in [0, 0.05) is 55.5 Å². The van der Waals surface area contributed by atoms with E-state index in [4.69, 9.17) is 0 Å². The van der Waals surface area contributed by atoms with Crippen molar-refractivity contribution in [2.75, 3.05) is 30.8 Å². The van der Waals surface area contributed by atoms with E-state index >= 15 is 0 Å². The third-order valence-electron chi connectivity index (χ3n) is 6.15. The summed E-state index contributed by atoms with van der Waals surface area (Å²) in [6.07, 6.45) is 6.18. The molecule has 0 aliphatic heterocycles. The van der Waals surface area contributed by atoms with Crippen molar-refractivity contribution in [2.45, 2.75) is 33.1 Å². The topological polar surface area (TPSA) is 105 Å². The minimum absolute atomic E-state index is 0.118. The fourth-order valence-electron chi connectivity index (χ4n) is 4.05. The molecule has 0 bridgehead atoms. The molecule has 1 aromatic carbocycles. The molecule has 0 unspecified atom stereocenters. The second kappa shape index (κ2) is 11.6. The van der Waals surface area contributed by atoms with Crippen LogP contribution in [0.5, 0.6) is 0 Å². The lowest BCUT2D eigenvalue weighted by Gasteiger charge is -2.16. The van der Waals surface area contributed by atoms with Crippen LogP contribution in [0.3, 0.4) is 0 Å². The number of carbonyl (C=O) groups is 1. The number of para-hydroxylation sites is 1. The van der Waals surface area contributed by atoms with E-state index in [1.165, 1.54) is 0 Å². The van der Waals surface area contributed by atoms with Crippen molar-refractivity contribution in [2.24, 2.45) is 5.92 Å². The van der Waals surface area contributed by atoms with Gasteiger partial charge in [-0.1, -0.05) is 39.0 Å². The Morgan fingerprint density at radius 2 is 1.81 bits per heavy atom. The molecule has 1 atom stereocenters. The van der Waals surface area contributed by atoms with Crippen LogP contribution >= 0.6 is 0 Å². The Morgan fingerprint density at radius 1 is 0.944 bits per heavy atom. The highest BCUT2D eigenvalue weighted by Crippen LogP contribution is 2.27. The summed E-state index contributed by atoms with van der Waals surface area (Å²) >= 11 is 0. The van der Waals surface area contributed by atoms with E-state index < -0.39 is 0 Å². The first-order valence-corrected chi connectivity index (χ1v) is 12.3. The minimum atomic E-state index is -0.118. The average molecular weight is 484 g/mol. The Kier molecular flexibility index (Phi) is 8.05. The van der Waals surface area contributed by atoms with Crippen LogP contribution in [-0.4, -0.2) is 46.0 Å². The highest BCUT2D eigenvalue weighted by molar-refractivity contribution is 6.06. The van der Waals surface area contributed by atoms with Crippen LogP contribution in [0, 0.1) is 5.92 Å². The van der Waals surface area contributed by atoms with Gasteiger partial charge >= 0.3 is 0 Å². The molecule has 8 heteroatoms. The molecular formula is C28H33N7O. The largest absolute Gasteiger partial charge is 0.370 e. The smallest absolute Gasteiger partial charge is 0.251 e. The van der Waals surface area contributed by atoms with E-state index in [0.717, 1.165) is 52.3 Å². The molecule has 186 valence electrons. The summed E-state index contributed by atoms with van der Waals surface area (Å²) < 4.78 is 0. The number of anilines is 2. The van der Waals surface area contributed by atoms with E-state index in [-0.39, 0.29) is 11.8 Å². The van der Waals surface area contributed by atoms with Crippen LogP contribution in [0.25, 0.3) is 22.2 Å². The Hall–Kier alpha value is -4.07. The molecule has 4 rings (SSSR count). The highest BCUT2D eigenvalue weighted by atomic mass is 16.1. The average Bonchev–Trinajstić information content (AvgIpc) is 2.91. The van der Waals surface area contributed by atoms with Crippen molar-refractivity contribution < 1.29 is 4.79 Å². The van der Waals surface area contributed by atoms with E-state index in [1.54, 1.807) is 25.6 Å². The summed E-state index contributed by atoms with van der Waals surface area (Å²) in [6.45, 7) is 8.11. The van der Waals surface area contributed by atoms with Crippen LogP contribution < -0.4 is 16.0 Å². The first-order valence-electron chi connectivity index (χ1n) is 12.3. The summed E-state index contributed by atoms with van der Waals surface area (Å²) in [4.78, 5) is 30.2. The number of rotatable bonds is 10. The highest BCUT2D eigenvalue weighted by Gasteiger charge is 2.15. The lowest BCUT2D eigenvalue weighted by atomic mass is 9.96. The number of benzene rings is 1. The van der Waals surface area contributed by atoms with Crippen molar-refractivity contribution in [1.82, 2.24) is 25.3 Å². The summed E-state index contributed by atoms with van der Waals surface area (Å²) in [7, 11) is 1.64. The maximum atomic E-state index is 12.3. The van der Waals surface area contributed by atoms with E-state index in [9.17, 15) is 4.79 Å². The number of amides is 1. The number of nitrogens with one attached hydrogen (secondary N) is 3. The molecule has 3 N–H and O–H groups in total. The zero-order valence-corrected chi connectivity index (χ0v) is 21.2. The van der Waals surface area contributed by atoms with Gasteiger partial charge in [0.05, 0.1) is 16.8 Å². The van der Waals surface area contributed by atoms with Crippen LogP contribution in [0.2, 0.25) is 0 Å². The van der Waals surface area contributed by atoms with Crippen molar-refractivity contribution in [3.8, 4) is 11.3 Å². The lowest BCUT2D eigenvalue weighted by molar-refractivity contribution is 0.0964.